The summed E-state index contributed by atoms with van der Waals surface area (Å²) < 4.78 is 0. The van der Waals surface area contributed by atoms with E-state index in [0.717, 1.165) is 19.4 Å². The molecule has 3 unspecified atom stereocenters. The molecule has 1 aromatic carbocycles. The Morgan fingerprint density at radius 1 is 1.08 bits per heavy atom. The molecule has 1 saturated carbocycles. The molecule has 0 amide bonds. The first kappa shape index (κ1) is 18.1. The van der Waals surface area contributed by atoms with E-state index in [1.807, 2.05) is 12.3 Å². The Labute approximate surface area is 151 Å². The van der Waals surface area contributed by atoms with Crippen LogP contribution in [0.5, 0.6) is 0 Å². The van der Waals surface area contributed by atoms with Crippen molar-refractivity contribution in [3.05, 3.63) is 65.0 Å². The number of aromatic nitrogens is 1. The summed E-state index contributed by atoms with van der Waals surface area (Å²) >= 11 is 0. The monoisotopic (exact) mass is 338 g/mol. The van der Waals surface area contributed by atoms with E-state index in [0.29, 0.717) is 12.0 Å². The van der Waals surface area contributed by atoms with E-state index in [-0.39, 0.29) is 0 Å². The van der Waals surface area contributed by atoms with E-state index in [1.54, 1.807) is 11.1 Å². The summed E-state index contributed by atoms with van der Waals surface area (Å²) in [4.78, 5) is 4.49. The normalized spacial score (nSPS) is 25.0. The standard InChI is InChI=1S/C21H26N2.CH4O/c22-20-9-8-19(14-20)18-7-6-16-11-15(4-5-17(16)13-18)12-21-3-1-2-10-23-21;1-2/h1-3,6-7,10,13,15,19-20H,4-5,8-9,11-12,14,22H2;2H,1H3. The highest BCUT2D eigenvalue weighted by Crippen LogP contribution is 2.36. The van der Waals surface area contributed by atoms with E-state index in [4.69, 9.17) is 10.8 Å². The number of nitrogens with two attached hydrogens (primary N) is 1. The van der Waals surface area contributed by atoms with Crippen molar-refractivity contribution in [1.82, 2.24) is 4.98 Å². The van der Waals surface area contributed by atoms with Crippen molar-refractivity contribution >= 4 is 0 Å². The lowest BCUT2D eigenvalue weighted by Gasteiger charge is -2.25. The van der Waals surface area contributed by atoms with Gasteiger partial charge in [-0.3, -0.25) is 4.98 Å². The molecule has 0 radical (unpaired) electrons. The summed E-state index contributed by atoms with van der Waals surface area (Å²) in [6.45, 7) is 0. The molecule has 4 rings (SSSR count). The topological polar surface area (TPSA) is 59.1 Å². The predicted molar refractivity (Wildman–Crippen MR) is 103 cm³/mol. The van der Waals surface area contributed by atoms with Crippen LogP contribution in [0.1, 0.15) is 54.0 Å². The quantitative estimate of drug-likeness (QED) is 0.898. The van der Waals surface area contributed by atoms with Crippen molar-refractivity contribution in [2.24, 2.45) is 11.7 Å². The zero-order valence-electron chi connectivity index (χ0n) is 15.2. The van der Waals surface area contributed by atoms with Crippen molar-refractivity contribution in [3.8, 4) is 0 Å². The number of fused-ring (bicyclic) bond motifs is 1. The van der Waals surface area contributed by atoms with Gasteiger partial charge in [0.05, 0.1) is 0 Å². The minimum Gasteiger partial charge on any atom is -0.400 e. The van der Waals surface area contributed by atoms with E-state index in [1.165, 1.54) is 49.8 Å². The number of hydrogen-bond donors (Lipinski definition) is 2. The highest BCUT2D eigenvalue weighted by atomic mass is 16.2. The third-order valence-corrected chi connectivity index (χ3v) is 5.73. The molecule has 3 atom stereocenters. The largest absolute Gasteiger partial charge is 0.400 e. The average molecular weight is 338 g/mol. The molecular formula is C22H30N2O. The molecule has 0 aliphatic heterocycles. The number of pyridine rings is 1. The van der Waals surface area contributed by atoms with Crippen LogP contribution in [0, 0.1) is 5.92 Å². The van der Waals surface area contributed by atoms with Crippen LogP contribution in [0.15, 0.2) is 42.6 Å². The van der Waals surface area contributed by atoms with Gasteiger partial charge in [0, 0.05) is 25.0 Å². The van der Waals surface area contributed by atoms with Gasteiger partial charge in [-0.15, -0.1) is 0 Å². The zero-order valence-corrected chi connectivity index (χ0v) is 15.2. The molecule has 2 aromatic rings. The molecule has 0 bridgehead atoms. The molecule has 1 aromatic heterocycles. The summed E-state index contributed by atoms with van der Waals surface area (Å²) in [7, 11) is 1.00. The first-order valence-corrected chi connectivity index (χ1v) is 9.50. The van der Waals surface area contributed by atoms with Crippen molar-refractivity contribution in [2.45, 2.75) is 56.9 Å². The Morgan fingerprint density at radius 3 is 2.68 bits per heavy atom. The maximum absolute atomic E-state index is 7.00. The van der Waals surface area contributed by atoms with Gasteiger partial charge in [0.2, 0.25) is 0 Å². The van der Waals surface area contributed by atoms with Gasteiger partial charge in [-0.05, 0) is 85.6 Å². The summed E-state index contributed by atoms with van der Waals surface area (Å²) in [6.07, 6.45) is 10.4. The van der Waals surface area contributed by atoms with Gasteiger partial charge in [0.1, 0.15) is 0 Å². The zero-order chi connectivity index (χ0) is 17.6. The van der Waals surface area contributed by atoms with Gasteiger partial charge in [-0.1, -0.05) is 24.3 Å². The van der Waals surface area contributed by atoms with Gasteiger partial charge < -0.3 is 10.8 Å². The second-order valence-corrected chi connectivity index (χ2v) is 7.43. The van der Waals surface area contributed by atoms with Gasteiger partial charge in [0.25, 0.3) is 0 Å². The molecule has 2 aliphatic rings. The third kappa shape index (κ3) is 4.47. The van der Waals surface area contributed by atoms with Crippen molar-refractivity contribution in [1.29, 1.82) is 0 Å². The Morgan fingerprint density at radius 2 is 1.96 bits per heavy atom. The third-order valence-electron chi connectivity index (χ3n) is 5.73. The number of benzene rings is 1. The van der Waals surface area contributed by atoms with Crippen LogP contribution in [0.25, 0.3) is 0 Å². The second kappa shape index (κ2) is 8.59. The van der Waals surface area contributed by atoms with Crippen LogP contribution >= 0.6 is 0 Å². The first-order chi connectivity index (χ1) is 12.3. The van der Waals surface area contributed by atoms with Gasteiger partial charge >= 0.3 is 0 Å². The summed E-state index contributed by atoms with van der Waals surface area (Å²) in [5, 5.41) is 7.00. The molecule has 25 heavy (non-hydrogen) atoms. The minimum absolute atomic E-state index is 0.416. The van der Waals surface area contributed by atoms with Crippen molar-refractivity contribution in [2.75, 3.05) is 7.11 Å². The molecule has 0 saturated heterocycles. The summed E-state index contributed by atoms with van der Waals surface area (Å²) in [6, 6.07) is 13.9. The van der Waals surface area contributed by atoms with Crippen molar-refractivity contribution in [3.63, 3.8) is 0 Å². The average Bonchev–Trinajstić information content (AvgIpc) is 3.10. The fourth-order valence-corrected chi connectivity index (χ4v) is 4.41. The number of nitrogens with zero attached hydrogens (tertiary/aromatic N) is 1. The molecule has 3 nitrogen and oxygen atoms in total. The maximum Gasteiger partial charge on any atom is 0.0406 e. The van der Waals surface area contributed by atoms with Crippen LogP contribution in [0.3, 0.4) is 0 Å². The number of aryl methyl sites for hydroxylation is 1. The van der Waals surface area contributed by atoms with E-state index >= 15 is 0 Å². The number of aliphatic hydroxyl groups excluding tert-OH is 1. The summed E-state index contributed by atoms with van der Waals surface area (Å²) in [5.41, 5.74) is 12.0. The Bertz CT molecular complexity index is 671. The molecule has 3 N–H and O–H groups in total. The maximum atomic E-state index is 7.00. The molecule has 0 spiro atoms. The molecule has 134 valence electrons. The molecule has 1 heterocycles. The molecule has 1 fully saturated rings. The smallest absolute Gasteiger partial charge is 0.0406 e. The van der Waals surface area contributed by atoms with Crippen LogP contribution in [0.4, 0.5) is 0 Å². The summed E-state index contributed by atoms with van der Waals surface area (Å²) in [5.74, 6) is 1.43. The van der Waals surface area contributed by atoms with E-state index < -0.39 is 0 Å². The Hall–Kier alpha value is -1.71. The molecule has 2 aliphatic carbocycles. The van der Waals surface area contributed by atoms with E-state index in [2.05, 4.69) is 35.3 Å². The van der Waals surface area contributed by atoms with Crippen LogP contribution in [-0.4, -0.2) is 23.2 Å². The SMILES string of the molecule is CO.NC1CCC(c2ccc3c(c2)CCC(Cc2ccccn2)C3)C1. The van der Waals surface area contributed by atoms with Gasteiger partial charge in [-0.2, -0.15) is 0 Å². The van der Waals surface area contributed by atoms with Crippen LogP contribution in [0.2, 0.25) is 0 Å². The fourth-order valence-electron chi connectivity index (χ4n) is 4.41. The van der Waals surface area contributed by atoms with Crippen LogP contribution in [-0.2, 0) is 19.3 Å². The van der Waals surface area contributed by atoms with Crippen LogP contribution < -0.4 is 5.73 Å². The second-order valence-electron chi connectivity index (χ2n) is 7.43. The first-order valence-electron chi connectivity index (χ1n) is 9.50. The van der Waals surface area contributed by atoms with Gasteiger partial charge in [-0.25, -0.2) is 0 Å². The highest BCUT2D eigenvalue weighted by Gasteiger charge is 2.25. The lowest BCUT2D eigenvalue weighted by molar-refractivity contribution is 0.399. The Kier molecular flexibility index (Phi) is 6.22. The highest BCUT2D eigenvalue weighted by molar-refractivity contribution is 5.36. The number of aliphatic hydroxyl groups is 1. The number of rotatable bonds is 3. The molecular weight excluding hydrogens is 308 g/mol. The minimum atomic E-state index is 0.416. The Balaban J connectivity index is 0.000000880. The van der Waals surface area contributed by atoms with Crippen molar-refractivity contribution < 1.29 is 5.11 Å². The molecule has 3 heteroatoms. The lowest BCUT2D eigenvalue weighted by atomic mass is 9.80. The van der Waals surface area contributed by atoms with Gasteiger partial charge in [0.15, 0.2) is 0 Å². The fraction of sp³-hybridized carbons (Fsp3) is 0.500. The predicted octanol–water partition coefficient (Wildman–Crippen LogP) is 3.63. The lowest BCUT2D eigenvalue weighted by Crippen LogP contribution is -2.17. The number of hydrogen-bond acceptors (Lipinski definition) is 3. The van der Waals surface area contributed by atoms with E-state index in [9.17, 15) is 0 Å².